The van der Waals surface area contributed by atoms with Crippen LogP contribution in [0, 0.1) is 5.92 Å². The maximum atomic E-state index is 13.8. The van der Waals surface area contributed by atoms with E-state index in [9.17, 15) is 28.2 Å². The molecule has 1 aromatic heterocycles. The van der Waals surface area contributed by atoms with E-state index in [-0.39, 0.29) is 6.42 Å². The Morgan fingerprint density at radius 1 is 1.47 bits per heavy atom. The molecule has 0 spiro atoms. The Bertz CT molecular complexity index is 929. The number of halogens is 1. The summed E-state index contributed by atoms with van der Waals surface area (Å²) in [5.74, 6) is -1.73. The van der Waals surface area contributed by atoms with E-state index in [2.05, 4.69) is 20.6 Å². The van der Waals surface area contributed by atoms with Gasteiger partial charge in [-0.05, 0) is 13.8 Å². The van der Waals surface area contributed by atoms with E-state index in [1.165, 1.54) is 6.20 Å². The molecule has 14 heteroatoms. The van der Waals surface area contributed by atoms with Gasteiger partial charge in [0.1, 0.15) is 6.23 Å². The summed E-state index contributed by atoms with van der Waals surface area (Å²) >= 11 is 0. The molecule has 4 unspecified atom stereocenters. The number of carbonyl (C=O) groups is 1. The van der Waals surface area contributed by atoms with Crippen LogP contribution in [-0.4, -0.2) is 46.2 Å². The topological polar surface area (TPSA) is 155 Å². The molecule has 0 aliphatic carbocycles. The molecule has 12 nitrogen and oxygen atoms in total. The van der Waals surface area contributed by atoms with Crippen molar-refractivity contribution in [2.45, 2.75) is 38.7 Å². The van der Waals surface area contributed by atoms with E-state index in [0.29, 0.717) is 0 Å². The summed E-state index contributed by atoms with van der Waals surface area (Å²) in [6, 6.07) is 1.09. The first-order valence-corrected chi connectivity index (χ1v) is 10.2. The standard InChI is InChI=1S/C16H22FN2O10P/c1-9(2)28-16(22)25-8-27-30(23,24)26-7-12-11(10(3)17)6-14(29-12)19-5-4-13(20)18-15(19)21/h4-5,9,11-12,14H,3,6-8H2,1-2H3,(H,23,24)(H,18,20,21). The first-order valence-electron chi connectivity index (χ1n) is 8.75. The Hall–Kier alpha value is -2.31. The molecule has 1 saturated heterocycles. The summed E-state index contributed by atoms with van der Waals surface area (Å²) in [7, 11) is -4.68. The van der Waals surface area contributed by atoms with Crippen molar-refractivity contribution < 1.29 is 41.9 Å². The molecular weight excluding hydrogens is 430 g/mol. The van der Waals surface area contributed by atoms with Gasteiger partial charge >= 0.3 is 19.7 Å². The van der Waals surface area contributed by atoms with E-state index in [0.717, 1.165) is 10.6 Å². The number of H-pyrrole nitrogens is 1. The second-order valence-corrected chi connectivity index (χ2v) is 7.96. The Kier molecular flexibility index (Phi) is 8.10. The summed E-state index contributed by atoms with van der Waals surface area (Å²) in [5, 5.41) is 0. The molecule has 2 N–H and O–H groups in total. The highest BCUT2D eigenvalue weighted by Gasteiger charge is 2.40. The van der Waals surface area contributed by atoms with Gasteiger partial charge in [-0.3, -0.25) is 18.9 Å². The number of nitrogens with one attached hydrogen (secondary N) is 1. The molecule has 1 aliphatic rings. The van der Waals surface area contributed by atoms with Gasteiger partial charge in [0.15, 0.2) is 0 Å². The molecular formula is C16H22FN2O10P. The van der Waals surface area contributed by atoms with Crippen molar-refractivity contribution in [1.82, 2.24) is 9.55 Å². The summed E-state index contributed by atoms with van der Waals surface area (Å²) in [5.41, 5.74) is -1.38. The van der Waals surface area contributed by atoms with Crippen molar-refractivity contribution in [1.29, 1.82) is 0 Å². The molecule has 168 valence electrons. The smallest absolute Gasteiger partial charge is 0.432 e. The number of phosphoric ester groups is 1. The zero-order chi connectivity index (χ0) is 22.5. The van der Waals surface area contributed by atoms with Gasteiger partial charge in [-0.25, -0.2) is 23.1 Å². The van der Waals surface area contributed by atoms with Crippen LogP contribution in [0.4, 0.5) is 9.18 Å². The number of aromatic nitrogens is 2. The molecule has 4 atom stereocenters. The van der Waals surface area contributed by atoms with Crippen LogP contribution < -0.4 is 11.2 Å². The number of phosphoric acid groups is 1. The van der Waals surface area contributed by atoms with E-state index in [4.69, 9.17) is 9.26 Å². The SMILES string of the molecule is C=C(F)C1CC(n2ccc(=O)[nH]c2=O)OC1COP(=O)(O)OCOC(=O)OC(C)C. The molecule has 30 heavy (non-hydrogen) atoms. The van der Waals surface area contributed by atoms with E-state index >= 15 is 0 Å². The van der Waals surface area contributed by atoms with Crippen molar-refractivity contribution in [3.8, 4) is 0 Å². The summed E-state index contributed by atoms with van der Waals surface area (Å²) < 4.78 is 50.7. The summed E-state index contributed by atoms with van der Waals surface area (Å²) in [6.07, 6.45) is -2.46. The number of aromatic amines is 1. The lowest BCUT2D eigenvalue weighted by atomic mass is 10.0. The fraction of sp³-hybridized carbons (Fsp3) is 0.562. The van der Waals surface area contributed by atoms with Crippen LogP contribution in [0.25, 0.3) is 0 Å². The Morgan fingerprint density at radius 3 is 2.77 bits per heavy atom. The number of hydrogen-bond donors (Lipinski definition) is 2. The molecule has 0 radical (unpaired) electrons. The minimum Gasteiger partial charge on any atom is -0.432 e. The minimum atomic E-state index is -4.68. The van der Waals surface area contributed by atoms with Gasteiger partial charge in [-0.1, -0.05) is 6.58 Å². The van der Waals surface area contributed by atoms with Gasteiger partial charge in [0.05, 0.1) is 24.6 Å². The summed E-state index contributed by atoms with van der Waals surface area (Å²) in [6.45, 7) is 4.85. The summed E-state index contributed by atoms with van der Waals surface area (Å²) in [4.78, 5) is 46.0. The highest BCUT2D eigenvalue weighted by atomic mass is 31.2. The van der Waals surface area contributed by atoms with Crippen molar-refractivity contribution in [3.63, 3.8) is 0 Å². The van der Waals surface area contributed by atoms with Crippen LogP contribution in [0.3, 0.4) is 0 Å². The van der Waals surface area contributed by atoms with Gasteiger partial charge in [0, 0.05) is 24.6 Å². The van der Waals surface area contributed by atoms with E-state index < -0.39 is 68.8 Å². The molecule has 2 rings (SSSR count). The first kappa shape index (κ1) is 24.0. The van der Waals surface area contributed by atoms with Gasteiger partial charge in [-0.15, -0.1) is 0 Å². The number of rotatable bonds is 9. The average Bonchev–Trinajstić information content (AvgIpc) is 3.03. The minimum absolute atomic E-state index is 0.0317. The first-order chi connectivity index (χ1) is 14.0. The monoisotopic (exact) mass is 452 g/mol. The van der Waals surface area contributed by atoms with Crippen molar-refractivity contribution in [2.24, 2.45) is 5.92 Å². The average molecular weight is 452 g/mol. The fourth-order valence-electron chi connectivity index (χ4n) is 2.61. The van der Waals surface area contributed by atoms with Crippen LogP contribution in [-0.2, 0) is 27.8 Å². The second kappa shape index (κ2) is 10.1. The van der Waals surface area contributed by atoms with E-state index in [1.54, 1.807) is 13.8 Å². The maximum absolute atomic E-state index is 13.8. The molecule has 0 saturated carbocycles. The van der Waals surface area contributed by atoms with Crippen LogP contribution >= 0.6 is 7.82 Å². The van der Waals surface area contributed by atoms with Crippen molar-refractivity contribution in [2.75, 3.05) is 13.4 Å². The number of carbonyl (C=O) groups excluding carboxylic acids is 1. The molecule has 0 amide bonds. The fourth-order valence-corrected chi connectivity index (χ4v) is 3.21. The lowest BCUT2D eigenvalue weighted by Gasteiger charge is -2.19. The molecule has 1 aliphatic heterocycles. The third kappa shape index (κ3) is 6.89. The molecule has 1 aromatic rings. The normalized spacial score (nSPS) is 23.2. The van der Waals surface area contributed by atoms with Gasteiger partial charge in [-0.2, -0.15) is 0 Å². The van der Waals surface area contributed by atoms with Crippen LogP contribution in [0.2, 0.25) is 0 Å². The van der Waals surface area contributed by atoms with Gasteiger partial charge in [0.2, 0.25) is 6.79 Å². The largest absolute Gasteiger partial charge is 0.510 e. The highest BCUT2D eigenvalue weighted by Crippen LogP contribution is 2.45. The van der Waals surface area contributed by atoms with Gasteiger partial charge < -0.3 is 19.1 Å². The van der Waals surface area contributed by atoms with Crippen molar-refractivity contribution >= 4 is 14.0 Å². The number of ether oxygens (including phenoxy) is 3. The quantitative estimate of drug-likeness (QED) is 0.320. The van der Waals surface area contributed by atoms with Crippen molar-refractivity contribution in [3.05, 3.63) is 45.5 Å². The third-order valence-electron chi connectivity index (χ3n) is 3.93. The third-order valence-corrected chi connectivity index (χ3v) is 4.83. The predicted octanol–water partition coefficient (Wildman–Crippen LogP) is 1.58. The number of nitrogens with zero attached hydrogens (tertiary/aromatic N) is 1. The van der Waals surface area contributed by atoms with E-state index in [1.807, 2.05) is 4.98 Å². The molecule has 2 heterocycles. The Morgan fingerprint density at radius 2 is 2.17 bits per heavy atom. The zero-order valence-corrected chi connectivity index (χ0v) is 17.1. The lowest BCUT2D eigenvalue weighted by Crippen LogP contribution is -2.31. The maximum Gasteiger partial charge on any atom is 0.510 e. The molecule has 0 aromatic carbocycles. The van der Waals surface area contributed by atoms with Crippen LogP contribution in [0.1, 0.15) is 26.5 Å². The van der Waals surface area contributed by atoms with Crippen LogP contribution in [0.5, 0.6) is 0 Å². The lowest BCUT2D eigenvalue weighted by molar-refractivity contribution is -0.0435. The predicted molar refractivity (Wildman–Crippen MR) is 98.0 cm³/mol. The Balaban J connectivity index is 1.94. The van der Waals surface area contributed by atoms with Gasteiger partial charge in [0.25, 0.3) is 5.56 Å². The Labute approximate surface area is 169 Å². The molecule has 0 bridgehead atoms. The molecule has 1 fully saturated rings. The highest BCUT2D eigenvalue weighted by molar-refractivity contribution is 7.47. The van der Waals surface area contributed by atoms with Crippen LogP contribution in [0.15, 0.2) is 34.3 Å². The number of hydrogen-bond acceptors (Lipinski definition) is 9. The second-order valence-electron chi connectivity index (χ2n) is 6.51. The zero-order valence-electron chi connectivity index (χ0n) is 16.2.